The molecule has 0 spiro atoms. The standard InChI is InChI=1S/C21H26N2O3/c1-4-26-21(25)16-9-11-23(12-10-16)20(24)13-18-14(2)17-7-5-6-8-19(17)22-15(18)3/h5-8,16H,4,9-13H2,1-3H3. The number of benzene rings is 1. The Bertz CT molecular complexity index is 823. The molecule has 0 saturated carbocycles. The number of piperidine rings is 1. The number of carbonyl (C=O) groups excluding carboxylic acids is 2. The molecule has 1 aliphatic heterocycles. The fourth-order valence-corrected chi connectivity index (χ4v) is 3.72. The number of para-hydroxylation sites is 1. The summed E-state index contributed by atoms with van der Waals surface area (Å²) in [6, 6.07) is 8.03. The van der Waals surface area contributed by atoms with Gasteiger partial charge >= 0.3 is 5.97 Å². The summed E-state index contributed by atoms with van der Waals surface area (Å²) in [5.41, 5.74) is 4.02. The van der Waals surface area contributed by atoms with Gasteiger partial charge in [-0.25, -0.2) is 0 Å². The number of aryl methyl sites for hydroxylation is 2. The number of rotatable bonds is 4. The van der Waals surface area contributed by atoms with Gasteiger partial charge < -0.3 is 9.64 Å². The number of hydrogen-bond acceptors (Lipinski definition) is 4. The first-order valence-corrected chi connectivity index (χ1v) is 9.30. The van der Waals surface area contributed by atoms with Crippen LogP contribution in [0, 0.1) is 19.8 Å². The average molecular weight is 354 g/mol. The molecule has 1 aromatic heterocycles. The molecule has 0 N–H and O–H groups in total. The van der Waals surface area contributed by atoms with Crippen LogP contribution >= 0.6 is 0 Å². The van der Waals surface area contributed by atoms with Crippen molar-refractivity contribution in [1.29, 1.82) is 0 Å². The molecular weight excluding hydrogens is 328 g/mol. The zero-order chi connectivity index (χ0) is 18.7. The number of aromatic nitrogens is 1. The van der Waals surface area contributed by atoms with Crippen LogP contribution in [0.5, 0.6) is 0 Å². The Balaban J connectivity index is 1.69. The summed E-state index contributed by atoms with van der Waals surface area (Å²) < 4.78 is 5.09. The molecule has 5 heteroatoms. The van der Waals surface area contributed by atoms with E-state index in [9.17, 15) is 9.59 Å². The van der Waals surface area contributed by atoms with Crippen molar-refractivity contribution >= 4 is 22.8 Å². The van der Waals surface area contributed by atoms with E-state index in [1.165, 1.54) is 0 Å². The number of hydrogen-bond donors (Lipinski definition) is 0. The molecule has 0 aliphatic carbocycles. The number of nitrogens with zero attached hydrogens (tertiary/aromatic N) is 2. The summed E-state index contributed by atoms with van der Waals surface area (Å²) in [5.74, 6) is -0.106. The maximum Gasteiger partial charge on any atom is 0.309 e. The highest BCUT2D eigenvalue weighted by Gasteiger charge is 2.28. The van der Waals surface area contributed by atoms with Gasteiger partial charge in [0.05, 0.1) is 24.5 Å². The van der Waals surface area contributed by atoms with Crippen LogP contribution in [0.2, 0.25) is 0 Å². The van der Waals surface area contributed by atoms with E-state index in [-0.39, 0.29) is 17.8 Å². The van der Waals surface area contributed by atoms with Gasteiger partial charge in [-0.1, -0.05) is 18.2 Å². The number of ether oxygens (including phenoxy) is 1. The lowest BCUT2D eigenvalue weighted by atomic mass is 9.95. The highest BCUT2D eigenvalue weighted by Crippen LogP contribution is 2.24. The minimum Gasteiger partial charge on any atom is -0.466 e. The summed E-state index contributed by atoms with van der Waals surface area (Å²) in [4.78, 5) is 31.2. The van der Waals surface area contributed by atoms with Gasteiger partial charge in [0.1, 0.15) is 0 Å². The van der Waals surface area contributed by atoms with Gasteiger partial charge in [0.25, 0.3) is 0 Å². The molecule has 138 valence electrons. The van der Waals surface area contributed by atoms with Crippen LogP contribution in [0.1, 0.15) is 36.6 Å². The van der Waals surface area contributed by atoms with E-state index in [0.29, 0.717) is 39.0 Å². The first kappa shape index (κ1) is 18.4. The van der Waals surface area contributed by atoms with Crippen LogP contribution in [0.3, 0.4) is 0 Å². The smallest absolute Gasteiger partial charge is 0.309 e. The molecule has 2 heterocycles. The quantitative estimate of drug-likeness (QED) is 0.791. The summed E-state index contributed by atoms with van der Waals surface area (Å²) in [5, 5.41) is 1.10. The highest BCUT2D eigenvalue weighted by molar-refractivity contribution is 5.86. The Morgan fingerprint density at radius 3 is 2.58 bits per heavy atom. The molecule has 0 radical (unpaired) electrons. The van der Waals surface area contributed by atoms with Crippen LogP contribution in [-0.2, 0) is 20.7 Å². The topological polar surface area (TPSA) is 59.5 Å². The number of esters is 1. The van der Waals surface area contributed by atoms with Gasteiger partial charge in [0, 0.05) is 24.2 Å². The number of likely N-dealkylation sites (tertiary alicyclic amines) is 1. The number of fused-ring (bicyclic) bond motifs is 1. The van der Waals surface area contributed by atoms with Gasteiger partial charge in [-0.2, -0.15) is 0 Å². The molecule has 0 unspecified atom stereocenters. The van der Waals surface area contributed by atoms with Crippen molar-refractivity contribution in [2.45, 2.75) is 40.0 Å². The van der Waals surface area contributed by atoms with E-state index >= 15 is 0 Å². The lowest BCUT2D eigenvalue weighted by Crippen LogP contribution is -2.41. The third kappa shape index (κ3) is 3.71. The predicted molar refractivity (Wildman–Crippen MR) is 101 cm³/mol. The molecule has 1 aromatic carbocycles. The Kier molecular flexibility index (Phi) is 5.55. The Hall–Kier alpha value is -2.43. The molecule has 26 heavy (non-hydrogen) atoms. The van der Waals surface area contributed by atoms with Crippen LogP contribution < -0.4 is 0 Å². The fourth-order valence-electron chi connectivity index (χ4n) is 3.72. The molecule has 1 aliphatic rings. The number of carbonyl (C=O) groups is 2. The fraction of sp³-hybridized carbons (Fsp3) is 0.476. The van der Waals surface area contributed by atoms with E-state index in [4.69, 9.17) is 4.74 Å². The first-order chi connectivity index (χ1) is 12.5. The van der Waals surface area contributed by atoms with Gasteiger partial charge in [-0.15, -0.1) is 0 Å². The Labute approximate surface area is 154 Å². The maximum absolute atomic E-state index is 12.8. The lowest BCUT2D eigenvalue weighted by molar-refractivity contribution is -0.151. The molecule has 1 fully saturated rings. The van der Waals surface area contributed by atoms with E-state index in [0.717, 1.165) is 27.7 Å². The average Bonchev–Trinajstić information content (AvgIpc) is 2.65. The minimum atomic E-state index is -0.134. The predicted octanol–water partition coefficient (Wildman–Crippen LogP) is 3.20. The van der Waals surface area contributed by atoms with Crippen molar-refractivity contribution in [2.24, 2.45) is 5.92 Å². The molecule has 0 atom stereocenters. The third-order valence-corrected chi connectivity index (χ3v) is 5.28. The van der Waals surface area contributed by atoms with Gasteiger partial charge in [0.15, 0.2) is 0 Å². The molecule has 3 rings (SSSR count). The van der Waals surface area contributed by atoms with Crippen molar-refractivity contribution in [3.05, 3.63) is 41.1 Å². The second-order valence-corrected chi connectivity index (χ2v) is 6.90. The van der Waals surface area contributed by atoms with Crippen LogP contribution in [0.25, 0.3) is 10.9 Å². The van der Waals surface area contributed by atoms with E-state index in [2.05, 4.69) is 18.0 Å². The van der Waals surface area contributed by atoms with E-state index < -0.39 is 0 Å². The van der Waals surface area contributed by atoms with Crippen molar-refractivity contribution in [1.82, 2.24) is 9.88 Å². The molecule has 1 amide bonds. The summed E-state index contributed by atoms with van der Waals surface area (Å²) in [6.07, 6.45) is 1.72. The van der Waals surface area contributed by atoms with Crippen LogP contribution in [0.15, 0.2) is 24.3 Å². The lowest BCUT2D eigenvalue weighted by Gasteiger charge is -2.31. The Morgan fingerprint density at radius 1 is 1.19 bits per heavy atom. The normalized spacial score (nSPS) is 15.3. The second kappa shape index (κ2) is 7.85. The summed E-state index contributed by atoms with van der Waals surface area (Å²) in [6.45, 7) is 7.48. The zero-order valence-electron chi connectivity index (χ0n) is 15.7. The van der Waals surface area contributed by atoms with Crippen LogP contribution in [0.4, 0.5) is 0 Å². The number of pyridine rings is 1. The summed E-state index contributed by atoms with van der Waals surface area (Å²) >= 11 is 0. The summed E-state index contributed by atoms with van der Waals surface area (Å²) in [7, 11) is 0. The van der Waals surface area contributed by atoms with Crippen molar-refractivity contribution in [2.75, 3.05) is 19.7 Å². The van der Waals surface area contributed by atoms with Crippen molar-refractivity contribution < 1.29 is 14.3 Å². The first-order valence-electron chi connectivity index (χ1n) is 9.30. The largest absolute Gasteiger partial charge is 0.466 e. The third-order valence-electron chi connectivity index (χ3n) is 5.28. The SMILES string of the molecule is CCOC(=O)C1CCN(C(=O)Cc2c(C)nc3ccccc3c2C)CC1. The highest BCUT2D eigenvalue weighted by atomic mass is 16.5. The van der Waals surface area contributed by atoms with Gasteiger partial charge in [0.2, 0.25) is 5.91 Å². The molecule has 2 aromatic rings. The number of amides is 1. The van der Waals surface area contributed by atoms with Crippen LogP contribution in [-0.4, -0.2) is 41.5 Å². The zero-order valence-corrected chi connectivity index (χ0v) is 15.7. The van der Waals surface area contributed by atoms with E-state index in [1.54, 1.807) is 0 Å². The molecule has 1 saturated heterocycles. The maximum atomic E-state index is 12.8. The van der Waals surface area contributed by atoms with Crippen molar-refractivity contribution in [3.8, 4) is 0 Å². The minimum absolute atomic E-state index is 0.0789. The molecule has 5 nitrogen and oxygen atoms in total. The monoisotopic (exact) mass is 354 g/mol. The van der Waals surface area contributed by atoms with Gasteiger partial charge in [-0.3, -0.25) is 14.6 Å². The molecule has 0 bridgehead atoms. The van der Waals surface area contributed by atoms with Gasteiger partial charge in [-0.05, 0) is 50.8 Å². The molecular formula is C21H26N2O3. The Morgan fingerprint density at radius 2 is 1.88 bits per heavy atom. The van der Waals surface area contributed by atoms with Crippen molar-refractivity contribution in [3.63, 3.8) is 0 Å². The second-order valence-electron chi connectivity index (χ2n) is 6.90. The van der Waals surface area contributed by atoms with E-state index in [1.807, 2.05) is 36.9 Å².